The zero-order chi connectivity index (χ0) is 16.7. The molecule has 2 saturated heterocycles. The molecule has 0 saturated carbocycles. The first-order valence-corrected chi connectivity index (χ1v) is 9.58. The van der Waals surface area contributed by atoms with E-state index in [1.165, 1.54) is 6.33 Å². The van der Waals surface area contributed by atoms with E-state index in [0.717, 1.165) is 32.6 Å². The van der Waals surface area contributed by atoms with E-state index in [1.54, 1.807) is 22.1 Å². The molecule has 0 N–H and O–H groups in total. The molecule has 2 fully saturated rings. The number of imidazole rings is 1. The summed E-state index contributed by atoms with van der Waals surface area (Å²) >= 11 is 0. The van der Waals surface area contributed by atoms with Gasteiger partial charge in [-0.3, -0.25) is 4.90 Å². The Hall–Kier alpha value is -0.960. The summed E-state index contributed by atoms with van der Waals surface area (Å²) in [6, 6.07) is 0. The first-order valence-electron chi connectivity index (χ1n) is 8.14. The van der Waals surface area contributed by atoms with Crippen molar-refractivity contribution in [1.29, 1.82) is 0 Å². The van der Waals surface area contributed by atoms with Crippen molar-refractivity contribution in [1.82, 2.24) is 18.8 Å². The molecule has 1 aromatic rings. The van der Waals surface area contributed by atoms with Crippen molar-refractivity contribution in [2.45, 2.75) is 30.3 Å². The molecule has 1 spiro atoms. The normalized spacial score (nSPS) is 25.6. The quantitative estimate of drug-likeness (QED) is 0.781. The van der Waals surface area contributed by atoms with Gasteiger partial charge in [0.1, 0.15) is 0 Å². The summed E-state index contributed by atoms with van der Waals surface area (Å²) in [6.07, 6.45) is 5.19. The number of ether oxygens (including phenoxy) is 1. The number of aromatic nitrogens is 2. The molecule has 2 aliphatic heterocycles. The maximum absolute atomic E-state index is 12.6. The van der Waals surface area contributed by atoms with Crippen LogP contribution in [0.25, 0.3) is 0 Å². The lowest BCUT2D eigenvalue weighted by molar-refractivity contribution is -0.0577. The lowest BCUT2D eigenvalue weighted by atomic mass is 9.77. The van der Waals surface area contributed by atoms with Crippen LogP contribution in [0.1, 0.15) is 19.8 Å². The molecule has 7 nitrogen and oxygen atoms in total. The Labute approximate surface area is 138 Å². The molecule has 0 aromatic carbocycles. The molecule has 130 valence electrons. The largest absolute Gasteiger partial charge is 0.381 e. The van der Waals surface area contributed by atoms with Crippen molar-refractivity contribution in [2.75, 3.05) is 39.9 Å². The molecule has 1 unspecified atom stereocenters. The highest BCUT2D eigenvalue weighted by Crippen LogP contribution is 2.40. The van der Waals surface area contributed by atoms with Gasteiger partial charge in [-0.1, -0.05) is 0 Å². The first kappa shape index (κ1) is 16.9. The van der Waals surface area contributed by atoms with Crippen LogP contribution in [-0.4, -0.2) is 72.6 Å². The minimum Gasteiger partial charge on any atom is -0.381 e. The van der Waals surface area contributed by atoms with Gasteiger partial charge >= 0.3 is 0 Å². The maximum atomic E-state index is 12.6. The van der Waals surface area contributed by atoms with E-state index in [-0.39, 0.29) is 10.6 Å². The Morgan fingerprint density at radius 2 is 2.13 bits per heavy atom. The lowest BCUT2D eigenvalue weighted by Gasteiger charge is -2.57. The number of aryl methyl sites for hydroxylation is 1. The van der Waals surface area contributed by atoms with E-state index in [0.29, 0.717) is 19.0 Å². The molecule has 0 amide bonds. The number of nitrogens with zero attached hydrogens (tertiary/aromatic N) is 4. The first-order chi connectivity index (χ1) is 10.9. The second kappa shape index (κ2) is 6.16. The van der Waals surface area contributed by atoms with Gasteiger partial charge in [-0.25, -0.2) is 13.4 Å². The smallest absolute Gasteiger partial charge is 0.262 e. The average Bonchev–Trinajstić information content (AvgIpc) is 2.91. The van der Waals surface area contributed by atoms with E-state index < -0.39 is 10.0 Å². The molecule has 8 heteroatoms. The number of rotatable bonds is 5. The number of hydrogen-bond acceptors (Lipinski definition) is 5. The zero-order valence-electron chi connectivity index (χ0n) is 14.1. The van der Waals surface area contributed by atoms with Crippen LogP contribution < -0.4 is 0 Å². The second-order valence-corrected chi connectivity index (χ2v) is 8.70. The van der Waals surface area contributed by atoms with Crippen molar-refractivity contribution in [3.05, 3.63) is 12.5 Å². The fourth-order valence-electron chi connectivity index (χ4n) is 3.64. The molecule has 2 aliphatic rings. The van der Waals surface area contributed by atoms with Gasteiger partial charge in [0.2, 0.25) is 0 Å². The van der Waals surface area contributed by atoms with Gasteiger partial charge in [0, 0.05) is 45.1 Å². The average molecular weight is 342 g/mol. The monoisotopic (exact) mass is 342 g/mol. The van der Waals surface area contributed by atoms with Crippen LogP contribution in [-0.2, 0) is 21.8 Å². The van der Waals surface area contributed by atoms with Crippen LogP contribution in [0.2, 0.25) is 0 Å². The summed E-state index contributed by atoms with van der Waals surface area (Å²) in [5, 5.41) is 0.138. The minimum absolute atomic E-state index is 0.0398. The Balaban J connectivity index is 1.68. The fourth-order valence-corrected chi connectivity index (χ4v) is 5.21. The summed E-state index contributed by atoms with van der Waals surface area (Å²) in [4.78, 5) is 6.32. The highest BCUT2D eigenvalue weighted by Gasteiger charge is 2.53. The van der Waals surface area contributed by atoms with E-state index in [1.807, 2.05) is 6.92 Å². The minimum atomic E-state index is -3.47. The Morgan fingerprint density at radius 1 is 1.39 bits per heavy atom. The predicted molar refractivity (Wildman–Crippen MR) is 86.5 cm³/mol. The summed E-state index contributed by atoms with van der Waals surface area (Å²) in [5.74, 6) is 0.519. The van der Waals surface area contributed by atoms with Crippen molar-refractivity contribution >= 4 is 10.0 Å². The highest BCUT2D eigenvalue weighted by atomic mass is 32.2. The van der Waals surface area contributed by atoms with E-state index in [2.05, 4.69) is 16.9 Å². The van der Waals surface area contributed by atoms with Crippen molar-refractivity contribution in [3.8, 4) is 0 Å². The summed E-state index contributed by atoms with van der Waals surface area (Å²) in [5.41, 5.74) is -0.0398. The van der Waals surface area contributed by atoms with E-state index in [4.69, 9.17) is 4.74 Å². The standard InChI is InChI=1S/C15H26N4O3S/c1-4-22-9-13-5-6-18(3)15(7-13)10-19(11-15)23(20,21)14-8-17(2)12-16-14/h8,12-13H,4-7,9-11H2,1-3H3. The zero-order valence-corrected chi connectivity index (χ0v) is 14.9. The molecule has 3 rings (SSSR count). The SMILES string of the molecule is CCOCC1CCN(C)C2(C1)CN(S(=O)(=O)c1cn(C)cn1)C2. The van der Waals surface area contributed by atoms with Gasteiger partial charge in [0.25, 0.3) is 10.0 Å². The van der Waals surface area contributed by atoms with Crippen molar-refractivity contribution < 1.29 is 13.2 Å². The predicted octanol–water partition coefficient (Wildman–Crippen LogP) is 0.542. The van der Waals surface area contributed by atoms with Gasteiger partial charge in [0.05, 0.1) is 6.33 Å². The number of hydrogen-bond donors (Lipinski definition) is 0. The van der Waals surface area contributed by atoms with Gasteiger partial charge < -0.3 is 9.30 Å². The molecule has 0 aliphatic carbocycles. The number of piperidine rings is 1. The molecule has 23 heavy (non-hydrogen) atoms. The summed E-state index contributed by atoms with van der Waals surface area (Å²) in [7, 11) is 0.402. The number of sulfonamides is 1. The lowest BCUT2D eigenvalue weighted by Crippen LogP contribution is -2.72. The van der Waals surface area contributed by atoms with Crippen LogP contribution >= 0.6 is 0 Å². The Bertz CT molecular complexity index is 649. The summed E-state index contributed by atoms with van der Waals surface area (Å²) in [6.45, 7) is 5.61. The number of likely N-dealkylation sites (N-methyl/N-ethyl adjacent to an activating group) is 1. The molecule has 0 bridgehead atoms. The fraction of sp³-hybridized carbons (Fsp3) is 0.800. The maximum Gasteiger partial charge on any atom is 0.262 e. The van der Waals surface area contributed by atoms with Crippen LogP contribution in [0.3, 0.4) is 0 Å². The van der Waals surface area contributed by atoms with Crippen molar-refractivity contribution in [2.24, 2.45) is 13.0 Å². The van der Waals surface area contributed by atoms with Crippen LogP contribution in [0.15, 0.2) is 17.6 Å². The van der Waals surface area contributed by atoms with Gasteiger partial charge in [-0.2, -0.15) is 4.31 Å². The summed E-state index contributed by atoms with van der Waals surface area (Å²) < 4.78 is 34.0. The van der Waals surface area contributed by atoms with Crippen LogP contribution in [0, 0.1) is 5.92 Å². The van der Waals surface area contributed by atoms with Crippen molar-refractivity contribution in [3.63, 3.8) is 0 Å². The highest BCUT2D eigenvalue weighted by molar-refractivity contribution is 7.89. The van der Waals surface area contributed by atoms with Gasteiger partial charge in [-0.05, 0) is 39.3 Å². The third-order valence-corrected chi connectivity index (χ3v) is 6.81. The molecular formula is C15H26N4O3S. The van der Waals surface area contributed by atoms with E-state index in [9.17, 15) is 8.42 Å². The number of likely N-dealkylation sites (tertiary alicyclic amines) is 1. The topological polar surface area (TPSA) is 67.7 Å². The molecule has 0 radical (unpaired) electrons. The van der Waals surface area contributed by atoms with Gasteiger partial charge in [0.15, 0.2) is 5.03 Å². The third-order valence-electron chi connectivity index (χ3n) is 5.14. The van der Waals surface area contributed by atoms with Crippen LogP contribution in [0.5, 0.6) is 0 Å². The van der Waals surface area contributed by atoms with E-state index >= 15 is 0 Å². The molecular weight excluding hydrogens is 316 g/mol. The molecule has 1 atom stereocenters. The van der Waals surface area contributed by atoms with Gasteiger partial charge in [-0.15, -0.1) is 0 Å². The molecule has 1 aromatic heterocycles. The second-order valence-electron chi connectivity index (χ2n) is 6.81. The Morgan fingerprint density at radius 3 is 2.74 bits per heavy atom. The molecule has 3 heterocycles. The Kier molecular flexibility index (Phi) is 4.52. The van der Waals surface area contributed by atoms with Crippen LogP contribution in [0.4, 0.5) is 0 Å². The third kappa shape index (κ3) is 3.05.